The van der Waals surface area contributed by atoms with Gasteiger partial charge in [0.15, 0.2) is 5.69 Å². The highest BCUT2D eigenvalue weighted by atomic mass is 16.4. The van der Waals surface area contributed by atoms with Crippen LogP contribution in [-0.4, -0.2) is 26.9 Å². The smallest absolute Gasteiger partial charge is 0.356 e. The van der Waals surface area contributed by atoms with E-state index in [4.69, 9.17) is 5.11 Å². The molecule has 1 saturated carbocycles. The molecule has 0 aromatic carbocycles. The summed E-state index contributed by atoms with van der Waals surface area (Å²) in [4.78, 5) is 10.7. The van der Waals surface area contributed by atoms with Crippen LogP contribution in [0.15, 0.2) is 6.07 Å². The van der Waals surface area contributed by atoms with Gasteiger partial charge >= 0.3 is 5.97 Å². The summed E-state index contributed by atoms with van der Waals surface area (Å²) >= 11 is 0. The number of nitrogens with zero attached hydrogens (tertiary/aromatic N) is 2. The second-order valence-corrected chi connectivity index (χ2v) is 3.80. The second-order valence-electron chi connectivity index (χ2n) is 3.80. The van der Waals surface area contributed by atoms with Crippen LogP contribution in [0.3, 0.4) is 0 Å². The number of aromatic nitrogens is 2. The molecular weight excluding hydrogens is 194 g/mol. The zero-order valence-electron chi connectivity index (χ0n) is 8.73. The lowest BCUT2D eigenvalue weighted by atomic mass is 10.3. The third-order valence-electron chi connectivity index (χ3n) is 2.53. The third-order valence-corrected chi connectivity index (χ3v) is 2.53. The van der Waals surface area contributed by atoms with E-state index in [9.17, 15) is 4.79 Å². The first-order valence-electron chi connectivity index (χ1n) is 5.24. The Balaban J connectivity index is 2.08. The van der Waals surface area contributed by atoms with Crippen LogP contribution in [0.2, 0.25) is 0 Å². The number of aromatic carboxylic acids is 1. The largest absolute Gasteiger partial charge is 0.476 e. The van der Waals surface area contributed by atoms with Crippen LogP contribution in [-0.2, 0) is 13.1 Å². The van der Waals surface area contributed by atoms with Crippen molar-refractivity contribution in [2.24, 2.45) is 0 Å². The molecular formula is C10H15N3O2. The van der Waals surface area contributed by atoms with Crippen LogP contribution in [0.1, 0.15) is 35.9 Å². The molecule has 2 rings (SSSR count). The van der Waals surface area contributed by atoms with Crippen molar-refractivity contribution < 1.29 is 9.90 Å². The lowest BCUT2D eigenvalue weighted by Gasteiger charge is -2.04. The number of carboxylic acid groups (broad SMARTS) is 1. The number of carbonyl (C=O) groups is 1. The molecule has 0 radical (unpaired) electrons. The molecule has 15 heavy (non-hydrogen) atoms. The average Bonchev–Trinajstić information content (AvgIpc) is 2.94. The molecule has 2 N–H and O–H groups in total. The van der Waals surface area contributed by atoms with Crippen molar-refractivity contribution in [2.45, 2.75) is 38.9 Å². The van der Waals surface area contributed by atoms with Crippen LogP contribution < -0.4 is 5.32 Å². The van der Waals surface area contributed by atoms with Gasteiger partial charge in [0.25, 0.3) is 0 Å². The van der Waals surface area contributed by atoms with Gasteiger partial charge in [-0.15, -0.1) is 0 Å². The molecule has 0 aliphatic heterocycles. The summed E-state index contributed by atoms with van der Waals surface area (Å²) in [5.41, 5.74) is 1.08. The lowest BCUT2D eigenvalue weighted by molar-refractivity contribution is 0.0689. The molecule has 1 aromatic heterocycles. The summed E-state index contributed by atoms with van der Waals surface area (Å²) in [6, 6.07) is 2.26. The first kappa shape index (κ1) is 10.2. The first-order chi connectivity index (χ1) is 7.20. The van der Waals surface area contributed by atoms with Crippen molar-refractivity contribution in [2.75, 3.05) is 0 Å². The molecule has 0 unspecified atom stereocenters. The third kappa shape index (κ3) is 2.36. The lowest BCUT2D eigenvalue weighted by Crippen LogP contribution is -2.18. The van der Waals surface area contributed by atoms with Crippen molar-refractivity contribution >= 4 is 5.97 Å². The Morgan fingerprint density at radius 3 is 3.00 bits per heavy atom. The zero-order valence-corrected chi connectivity index (χ0v) is 8.73. The Labute approximate surface area is 88.1 Å². The normalized spacial score (nSPS) is 15.5. The summed E-state index contributed by atoms with van der Waals surface area (Å²) in [6.45, 7) is 3.37. The fraction of sp³-hybridized carbons (Fsp3) is 0.600. The molecule has 0 saturated heterocycles. The molecule has 1 aromatic rings. The Kier molecular flexibility index (Phi) is 2.73. The van der Waals surface area contributed by atoms with Gasteiger partial charge in [0.1, 0.15) is 0 Å². The molecule has 0 atom stereocenters. The van der Waals surface area contributed by atoms with Crippen molar-refractivity contribution in [3.63, 3.8) is 0 Å². The van der Waals surface area contributed by atoms with E-state index in [2.05, 4.69) is 10.4 Å². The molecule has 0 amide bonds. The van der Waals surface area contributed by atoms with E-state index in [0.717, 1.165) is 5.69 Å². The summed E-state index contributed by atoms with van der Waals surface area (Å²) in [5.74, 6) is -0.963. The van der Waals surface area contributed by atoms with Crippen LogP contribution >= 0.6 is 0 Å². The van der Waals surface area contributed by atoms with E-state index < -0.39 is 5.97 Å². The van der Waals surface area contributed by atoms with Gasteiger partial charge in [-0.05, 0) is 25.8 Å². The van der Waals surface area contributed by atoms with Crippen molar-refractivity contribution in [3.05, 3.63) is 17.5 Å². The molecule has 1 heterocycles. The molecule has 0 spiro atoms. The first-order valence-corrected chi connectivity index (χ1v) is 5.24. The second kappa shape index (κ2) is 4.02. The number of hydrogen-bond donors (Lipinski definition) is 2. The predicted molar refractivity (Wildman–Crippen MR) is 54.7 cm³/mol. The van der Waals surface area contributed by atoms with E-state index >= 15 is 0 Å². The van der Waals surface area contributed by atoms with Crippen LogP contribution in [0, 0.1) is 0 Å². The van der Waals surface area contributed by atoms with Crippen molar-refractivity contribution in [3.8, 4) is 0 Å². The molecule has 0 bridgehead atoms. The minimum Gasteiger partial charge on any atom is -0.476 e. The minimum absolute atomic E-state index is 0.129. The zero-order chi connectivity index (χ0) is 10.8. The summed E-state index contributed by atoms with van der Waals surface area (Å²) in [6.07, 6.45) is 2.46. The van der Waals surface area contributed by atoms with Gasteiger partial charge in [-0.3, -0.25) is 4.68 Å². The van der Waals surface area contributed by atoms with E-state index in [1.54, 1.807) is 10.7 Å². The van der Waals surface area contributed by atoms with Crippen molar-refractivity contribution in [1.29, 1.82) is 0 Å². The maximum absolute atomic E-state index is 10.7. The molecule has 1 aliphatic rings. The Bertz CT molecular complexity index is 369. The van der Waals surface area contributed by atoms with E-state index in [0.29, 0.717) is 19.1 Å². The standard InChI is InChI=1S/C10H15N3O2/c1-2-13-8(6-11-7-3-4-7)5-9(12-13)10(14)15/h5,7,11H,2-4,6H2,1H3,(H,14,15). The highest BCUT2D eigenvalue weighted by molar-refractivity contribution is 5.85. The molecule has 1 aliphatic carbocycles. The number of rotatable bonds is 5. The monoisotopic (exact) mass is 209 g/mol. The van der Waals surface area contributed by atoms with Gasteiger partial charge < -0.3 is 10.4 Å². The van der Waals surface area contributed by atoms with Gasteiger partial charge in [0, 0.05) is 19.1 Å². The summed E-state index contributed by atoms with van der Waals surface area (Å²) in [7, 11) is 0. The number of carboxylic acids is 1. The highest BCUT2D eigenvalue weighted by Crippen LogP contribution is 2.19. The molecule has 1 fully saturated rings. The summed E-state index contributed by atoms with van der Waals surface area (Å²) in [5, 5.41) is 16.2. The van der Waals surface area contributed by atoms with Crippen LogP contribution in [0.5, 0.6) is 0 Å². The van der Waals surface area contributed by atoms with E-state index in [-0.39, 0.29) is 5.69 Å². The fourth-order valence-corrected chi connectivity index (χ4v) is 1.51. The Morgan fingerprint density at radius 1 is 1.73 bits per heavy atom. The quantitative estimate of drug-likeness (QED) is 0.754. The van der Waals surface area contributed by atoms with Gasteiger partial charge in [0.05, 0.1) is 5.69 Å². The van der Waals surface area contributed by atoms with Gasteiger partial charge in [-0.1, -0.05) is 0 Å². The Morgan fingerprint density at radius 2 is 2.47 bits per heavy atom. The van der Waals surface area contributed by atoms with Crippen LogP contribution in [0.4, 0.5) is 0 Å². The maximum Gasteiger partial charge on any atom is 0.356 e. The number of aryl methyl sites for hydroxylation is 1. The van der Waals surface area contributed by atoms with Crippen LogP contribution in [0.25, 0.3) is 0 Å². The van der Waals surface area contributed by atoms with E-state index in [1.165, 1.54) is 12.8 Å². The predicted octanol–water partition coefficient (Wildman–Crippen LogP) is 0.853. The van der Waals surface area contributed by atoms with Crippen molar-refractivity contribution in [1.82, 2.24) is 15.1 Å². The van der Waals surface area contributed by atoms with Gasteiger partial charge in [-0.2, -0.15) is 5.10 Å². The summed E-state index contributed by atoms with van der Waals surface area (Å²) < 4.78 is 1.73. The fourth-order valence-electron chi connectivity index (χ4n) is 1.51. The molecule has 5 heteroatoms. The Hall–Kier alpha value is -1.36. The average molecular weight is 209 g/mol. The number of hydrogen-bond acceptors (Lipinski definition) is 3. The molecule has 5 nitrogen and oxygen atoms in total. The van der Waals surface area contributed by atoms with E-state index in [1.807, 2.05) is 6.92 Å². The maximum atomic E-state index is 10.7. The highest BCUT2D eigenvalue weighted by Gasteiger charge is 2.21. The topological polar surface area (TPSA) is 67.2 Å². The SMILES string of the molecule is CCn1nc(C(=O)O)cc1CNC1CC1. The number of nitrogens with one attached hydrogen (secondary N) is 1. The van der Waals surface area contributed by atoms with Gasteiger partial charge in [-0.25, -0.2) is 4.79 Å². The molecule has 82 valence electrons. The minimum atomic E-state index is -0.963. The van der Waals surface area contributed by atoms with Gasteiger partial charge in [0.2, 0.25) is 0 Å².